The minimum atomic E-state index is -0.888. The van der Waals surface area contributed by atoms with Crippen LogP contribution in [0.5, 0.6) is 0 Å². The highest BCUT2D eigenvalue weighted by atomic mass is 35.5. The predicted molar refractivity (Wildman–Crippen MR) is 85.2 cm³/mol. The summed E-state index contributed by atoms with van der Waals surface area (Å²) < 4.78 is 0. The number of hydrogen-bond acceptors (Lipinski definition) is 3. The lowest BCUT2D eigenvalue weighted by molar-refractivity contribution is -0.137. The number of carboxylic acids is 1. The lowest BCUT2D eigenvalue weighted by Crippen LogP contribution is -2.44. The minimum absolute atomic E-state index is 0.00592. The molecule has 0 aliphatic carbocycles. The number of carboxylic acid groups (broad SMARTS) is 1. The lowest BCUT2D eigenvalue weighted by atomic mass is 9.98. The summed E-state index contributed by atoms with van der Waals surface area (Å²) >= 11 is 5.93. The van der Waals surface area contributed by atoms with Gasteiger partial charge in [0.1, 0.15) is 5.69 Å². The highest BCUT2D eigenvalue weighted by molar-refractivity contribution is 6.31. The maximum Gasteiger partial charge on any atom is 0.303 e. The summed E-state index contributed by atoms with van der Waals surface area (Å²) in [5, 5.41) is 13.0. The summed E-state index contributed by atoms with van der Waals surface area (Å²) in [7, 11) is 0. The van der Waals surface area contributed by atoms with Crippen LogP contribution in [0.25, 0.3) is 10.9 Å². The van der Waals surface area contributed by atoms with Gasteiger partial charge < -0.3 is 10.4 Å². The Morgan fingerprint density at radius 3 is 2.64 bits per heavy atom. The third-order valence-electron chi connectivity index (χ3n) is 3.30. The fourth-order valence-electron chi connectivity index (χ4n) is 2.07. The van der Waals surface area contributed by atoms with Crippen LogP contribution >= 0.6 is 11.6 Å². The number of pyridine rings is 1. The van der Waals surface area contributed by atoms with Crippen LogP contribution in [0.15, 0.2) is 30.3 Å². The molecule has 116 valence electrons. The molecule has 2 N–H and O–H groups in total. The van der Waals surface area contributed by atoms with Crippen molar-refractivity contribution in [1.82, 2.24) is 10.3 Å². The van der Waals surface area contributed by atoms with Crippen molar-refractivity contribution in [2.24, 2.45) is 0 Å². The van der Waals surface area contributed by atoms with Crippen LogP contribution in [-0.4, -0.2) is 27.5 Å². The molecule has 0 radical (unpaired) electrons. The number of rotatable bonds is 5. The van der Waals surface area contributed by atoms with Gasteiger partial charge >= 0.3 is 5.97 Å². The molecule has 6 heteroatoms. The quantitative estimate of drug-likeness (QED) is 0.886. The van der Waals surface area contributed by atoms with E-state index in [0.717, 1.165) is 5.39 Å². The maximum absolute atomic E-state index is 12.3. The Balaban J connectivity index is 2.17. The van der Waals surface area contributed by atoms with Crippen molar-refractivity contribution >= 4 is 34.4 Å². The Hall–Kier alpha value is -2.14. The first-order valence-corrected chi connectivity index (χ1v) is 7.25. The zero-order chi connectivity index (χ0) is 16.3. The predicted octanol–water partition coefficient (Wildman–Crippen LogP) is 3.26. The van der Waals surface area contributed by atoms with Crippen LogP contribution in [0.1, 0.15) is 37.2 Å². The maximum atomic E-state index is 12.3. The van der Waals surface area contributed by atoms with Gasteiger partial charge in [0.2, 0.25) is 0 Å². The number of carbonyl (C=O) groups excluding carboxylic acids is 1. The fourth-order valence-corrected chi connectivity index (χ4v) is 2.24. The van der Waals surface area contributed by atoms with Crippen molar-refractivity contribution in [3.63, 3.8) is 0 Å². The van der Waals surface area contributed by atoms with Gasteiger partial charge in [-0.15, -0.1) is 0 Å². The topological polar surface area (TPSA) is 79.3 Å². The van der Waals surface area contributed by atoms with Gasteiger partial charge in [0.05, 0.1) is 5.52 Å². The molecule has 0 atom stereocenters. The second kappa shape index (κ2) is 6.32. The molecule has 1 aromatic heterocycles. The number of nitrogens with zero attached hydrogens (tertiary/aromatic N) is 1. The first-order valence-electron chi connectivity index (χ1n) is 6.87. The van der Waals surface area contributed by atoms with Gasteiger partial charge in [-0.2, -0.15) is 0 Å². The van der Waals surface area contributed by atoms with Gasteiger partial charge in [0.15, 0.2) is 0 Å². The third-order valence-corrected chi connectivity index (χ3v) is 3.54. The Bertz CT molecular complexity index is 728. The number of aliphatic carboxylic acids is 1. The average molecular weight is 321 g/mol. The van der Waals surface area contributed by atoms with Crippen molar-refractivity contribution in [1.29, 1.82) is 0 Å². The van der Waals surface area contributed by atoms with Crippen molar-refractivity contribution < 1.29 is 14.7 Å². The van der Waals surface area contributed by atoms with Crippen LogP contribution in [0, 0.1) is 0 Å². The van der Waals surface area contributed by atoms with Crippen LogP contribution in [-0.2, 0) is 4.79 Å². The molecule has 0 aliphatic rings. The highest BCUT2D eigenvalue weighted by Gasteiger charge is 2.22. The summed E-state index contributed by atoms with van der Waals surface area (Å²) in [5.41, 5.74) is 0.294. The second-order valence-corrected chi connectivity index (χ2v) is 6.20. The zero-order valence-electron chi connectivity index (χ0n) is 12.4. The number of fused-ring (bicyclic) bond motifs is 1. The summed E-state index contributed by atoms with van der Waals surface area (Å²) in [6.45, 7) is 3.57. The van der Waals surface area contributed by atoms with Gasteiger partial charge in [0, 0.05) is 22.4 Å². The van der Waals surface area contributed by atoms with Crippen molar-refractivity contribution in [2.45, 2.75) is 32.2 Å². The Morgan fingerprint density at radius 1 is 1.27 bits per heavy atom. The number of amides is 1. The normalized spacial score (nSPS) is 11.4. The number of carbonyl (C=O) groups is 2. The molecule has 22 heavy (non-hydrogen) atoms. The van der Waals surface area contributed by atoms with E-state index in [0.29, 0.717) is 17.0 Å². The van der Waals surface area contributed by atoms with Crippen molar-refractivity contribution in [2.75, 3.05) is 0 Å². The Morgan fingerprint density at radius 2 is 1.95 bits per heavy atom. The van der Waals surface area contributed by atoms with E-state index in [1.807, 2.05) is 6.07 Å². The number of benzene rings is 1. The fraction of sp³-hybridized carbons (Fsp3) is 0.312. The molecule has 0 unspecified atom stereocenters. The molecular formula is C16H17ClN2O3. The molecule has 0 fully saturated rings. The summed E-state index contributed by atoms with van der Waals surface area (Å²) in [6.07, 6.45) is 0.335. The molecular weight excluding hydrogens is 304 g/mol. The van der Waals surface area contributed by atoms with Crippen LogP contribution in [0.2, 0.25) is 5.02 Å². The van der Waals surface area contributed by atoms with Crippen LogP contribution < -0.4 is 5.32 Å². The lowest BCUT2D eigenvalue weighted by Gasteiger charge is -2.25. The van der Waals surface area contributed by atoms with Crippen molar-refractivity contribution in [3.05, 3.63) is 41.0 Å². The summed E-state index contributed by atoms with van der Waals surface area (Å²) in [4.78, 5) is 27.2. The van der Waals surface area contributed by atoms with E-state index < -0.39 is 11.5 Å². The molecule has 0 saturated carbocycles. The first-order chi connectivity index (χ1) is 10.3. The number of aromatic nitrogens is 1. The molecule has 0 aliphatic heterocycles. The van der Waals surface area contributed by atoms with Gasteiger partial charge in [-0.25, -0.2) is 4.98 Å². The first kappa shape index (κ1) is 16.2. The average Bonchev–Trinajstić information content (AvgIpc) is 2.44. The van der Waals surface area contributed by atoms with E-state index in [4.69, 9.17) is 16.7 Å². The van der Waals surface area contributed by atoms with Gasteiger partial charge in [-0.3, -0.25) is 9.59 Å². The molecule has 1 heterocycles. The molecule has 1 amide bonds. The Kier molecular flexibility index (Phi) is 4.66. The molecule has 0 bridgehead atoms. The Labute approximate surface area is 133 Å². The van der Waals surface area contributed by atoms with E-state index in [2.05, 4.69) is 10.3 Å². The SMILES string of the molecule is CC(C)(CCC(=O)O)NC(=O)c1ccc2ccc(Cl)cc2n1. The zero-order valence-corrected chi connectivity index (χ0v) is 13.1. The largest absolute Gasteiger partial charge is 0.481 e. The minimum Gasteiger partial charge on any atom is -0.481 e. The summed E-state index contributed by atoms with van der Waals surface area (Å²) in [5.74, 6) is -1.22. The molecule has 0 saturated heterocycles. The standard InChI is InChI=1S/C16H17ClN2O3/c1-16(2,8-7-14(20)21)19-15(22)12-6-4-10-3-5-11(17)9-13(10)18-12/h3-6,9H,7-8H2,1-2H3,(H,19,22)(H,20,21). The van der Waals surface area contributed by atoms with Gasteiger partial charge in [-0.05, 0) is 38.5 Å². The van der Waals surface area contributed by atoms with Crippen molar-refractivity contribution in [3.8, 4) is 0 Å². The van der Waals surface area contributed by atoms with E-state index in [9.17, 15) is 9.59 Å². The van der Waals surface area contributed by atoms with Crippen LogP contribution in [0.3, 0.4) is 0 Å². The number of nitrogens with one attached hydrogen (secondary N) is 1. The van der Waals surface area contributed by atoms with E-state index in [-0.39, 0.29) is 18.0 Å². The van der Waals surface area contributed by atoms with Gasteiger partial charge in [-0.1, -0.05) is 23.7 Å². The monoisotopic (exact) mass is 320 g/mol. The van der Waals surface area contributed by atoms with E-state index in [1.54, 1.807) is 38.1 Å². The van der Waals surface area contributed by atoms with E-state index in [1.165, 1.54) is 0 Å². The molecule has 2 aromatic rings. The second-order valence-electron chi connectivity index (χ2n) is 5.77. The highest BCUT2D eigenvalue weighted by Crippen LogP contribution is 2.18. The summed E-state index contributed by atoms with van der Waals surface area (Å²) in [6, 6.07) is 8.74. The molecule has 5 nitrogen and oxygen atoms in total. The molecule has 1 aromatic carbocycles. The van der Waals surface area contributed by atoms with Gasteiger partial charge in [0.25, 0.3) is 5.91 Å². The molecule has 0 spiro atoms. The smallest absolute Gasteiger partial charge is 0.303 e. The van der Waals surface area contributed by atoms with E-state index >= 15 is 0 Å². The number of hydrogen-bond donors (Lipinski definition) is 2. The molecule has 2 rings (SSSR count). The van der Waals surface area contributed by atoms with Crippen LogP contribution in [0.4, 0.5) is 0 Å². The third kappa shape index (κ3) is 4.18. The number of halogens is 1.